The number of carbonyl (C=O) groups excluding carboxylic acids is 1. The number of Topliss-reactive ketones (excluding diaryl/α,β-unsaturated/α-hetero) is 1. The molecular formula is C19H28O2. The summed E-state index contributed by atoms with van der Waals surface area (Å²) >= 11 is 0. The molecule has 21 heavy (non-hydrogen) atoms. The molecule has 0 radical (unpaired) electrons. The second kappa shape index (κ2) is 4.44. The number of aliphatic hydroxyl groups is 1. The molecule has 0 aliphatic heterocycles. The molecule has 4 aliphatic rings. The molecule has 4 rings (SSSR count). The molecule has 6 atom stereocenters. The van der Waals surface area contributed by atoms with Crippen molar-refractivity contribution in [3.05, 3.63) is 11.6 Å². The molecule has 0 saturated heterocycles. The van der Waals surface area contributed by atoms with Gasteiger partial charge < -0.3 is 5.11 Å². The fourth-order valence-electron chi connectivity index (χ4n) is 6.57. The zero-order valence-electron chi connectivity index (χ0n) is 13.4. The first-order valence-corrected chi connectivity index (χ1v) is 8.86. The lowest BCUT2D eigenvalue weighted by Crippen LogP contribution is -2.51. The average Bonchev–Trinajstić information content (AvgIpc) is 2.74. The van der Waals surface area contributed by atoms with Gasteiger partial charge in [0.1, 0.15) is 5.78 Å². The summed E-state index contributed by atoms with van der Waals surface area (Å²) in [6.07, 6.45) is 10.6. The van der Waals surface area contributed by atoms with E-state index >= 15 is 0 Å². The lowest BCUT2D eigenvalue weighted by molar-refractivity contribution is -0.132. The van der Waals surface area contributed by atoms with Crippen LogP contribution in [0.5, 0.6) is 0 Å². The molecule has 2 heteroatoms. The average molecular weight is 288 g/mol. The Morgan fingerprint density at radius 3 is 2.67 bits per heavy atom. The lowest BCUT2D eigenvalue weighted by Gasteiger charge is -2.57. The third-order valence-electron chi connectivity index (χ3n) is 7.74. The van der Waals surface area contributed by atoms with Crippen LogP contribution in [0.25, 0.3) is 0 Å². The van der Waals surface area contributed by atoms with E-state index in [2.05, 4.69) is 19.9 Å². The van der Waals surface area contributed by atoms with E-state index < -0.39 is 0 Å². The fourth-order valence-corrected chi connectivity index (χ4v) is 6.57. The molecular weight excluding hydrogens is 260 g/mol. The molecule has 0 aromatic carbocycles. The molecule has 3 saturated carbocycles. The number of aliphatic hydroxyl groups excluding tert-OH is 1. The van der Waals surface area contributed by atoms with E-state index in [1.165, 1.54) is 19.3 Å². The van der Waals surface area contributed by atoms with Crippen molar-refractivity contribution in [1.82, 2.24) is 0 Å². The zero-order chi connectivity index (χ0) is 14.8. The molecule has 0 aromatic heterocycles. The monoisotopic (exact) mass is 288 g/mol. The number of rotatable bonds is 0. The summed E-state index contributed by atoms with van der Waals surface area (Å²) in [5.74, 6) is 2.54. The van der Waals surface area contributed by atoms with Gasteiger partial charge in [0, 0.05) is 11.8 Å². The summed E-state index contributed by atoms with van der Waals surface area (Å²) < 4.78 is 0. The fraction of sp³-hybridized carbons (Fsp3) is 0.842. The maximum atomic E-state index is 12.4. The van der Waals surface area contributed by atoms with E-state index in [-0.39, 0.29) is 16.9 Å². The summed E-state index contributed by atoms with van der Waals surface area (Å²) in [6.45, 7) is 4.64. The summed E-state index contributed by atoms with van der Waals surface area (Å²) in [5.41, 5.74) is 1.79. The summed E-state index contributed by atoms with van der Waals surface area (Å²) in [5, 5.41) is 10.2. The van der Waals surface area contributed by atoms with Crippen molar-refractivity contribution < 1.29 is 9.90 Å². The Hall–Kier alpha value is -0.630. The molecule has 0 amide bonds. The minimum absolute atomic E-state index is 0.0218. The van der Waals surface area contributed by atoms with E-state index in [1.807, 2.05) is 0 Å². The highest BCUT2D eigenvalue weighted by atomic mass is 16.3. The van der Waals surface area contributed by atoms with Gasteiger partial charge in [-0.1, -0.05) is 25.5 Å². The van der Waals surface area contributed by atoms with E-state index in [0.29, 0.717) is 23.5 Å². The van der Waals surface area contributed by atoms with Crippen LogP contribution in [0.3, 0.4) is 0 Å². The normalized spacial score (nSPS) is 52.7. The smallest absolute Gasteiger partial charge is 0.139 e. The Morgan fingerprint density at radius 2 is 1.86 bits per heavy atom. The largest absolute Gasteiger partial charge is 0.393 e. The molecule has 1 unspecified atom stereocenters. The quantitative estimate of drug-likeness (QED) is 0.687. The third-order valence-corrected chi connectivity index (χ3v) is 7.74. The van der Waals surface area contributed by atoms with Gasteiger partial charge in [0.15, 0.2) is 0 Å². The molecule has 1 N–H and O–H groups in total. The van der Waals surface area contributed by atoms with Crippen molar-refractivity contribution in [1.29, 1.82) is 0 Å². The van der Waals surface area contributed by atoms with Crippen molar-refractivity contribution in [3.8, 4) is 0 Å². The first-order chi connectivity index (χ1) is 9.95. The SMILES string of the molecule is C[C@]12CC(O)CC=C1CC[C@@H]1[C@@H]2CC[C@]2(C)C(=O)CC[C@@H]12. The number of allylic oxidation sites excluding steroid dienone is 1. The van der Waals surface area contributed by atoms with E-state index in [0.717, 1.165) is 32.1 Å². The second-order valence-corrected chi connectivity index (χ2v) is 8.57. The Bertz CT molecular complexity index is 508. The van der Waals surface area contributed by atoms with Gasteiger partial charge in [-0.15, -0.1) is 0 Å². The predicted octanol–water partition coefficient (Wildman–Crippen LogP) is 3.88. The van der Waals surface area contributed by atoms with Gasteiger partial charge in [-0.3, -0.25) is 4.79 Å². The van der Waals surface area contributed by atoms with E-state index in [4.69, 9.17) is 0 Å². The molecule has 116 valence electrons. The van der Waals surface area contributed by atoms with Crippen molar-refractivity contribution in [2.24, 2.45) is 28.6 Å². The van der Waals surface area contributed by atoms with Gasteiger partial charge in [-0.05, 0) is 68.1 Å². The van der Waals surface area contributed by atoms with Crippen molar-refractivity contribution in [2.75, 3.05) is 0 Å². The third kappa shape index (κ3) is 1.78. The number of hydrogen-bond acceptors (Lipinski definition) is 2. The van der Waals surface area contributed by atoms with Crippen molar-refractivity contribution in [3.63, 3.8) is 0 Å². The molecule has 0 bridgehead atoms. The maximum Gasteiger partial charge on any atom is 0.139 e. The van der Waals surface area contributed by atoms with Crippen LogP contribution < -0.4 is 0 Å². The summed E-state index contributed by atoms with van der Waals surface area (Å²) in [6, 6.07) is 0. The van der Waals surface area contributed by atoms with Crippen LogP contribution >= 0.6 is 0 Å². The lowest BCUT2D eigenvalue weighted by atomic mass is 9.47. The molecule has 2 nitrogen and oxygen atoms in total. The Kier molecular flexibility index (Phi) is 2.96. The number of carbonyl (C=O) groups is 1. The number of ketones is 1. The molecule has 4 aliphatic carbocycles. The van der Waals surface area contributed by atoms with Crippen LogP contribution in [0.1, 0.15) is 65.2 Å². The van der Waals surface area contributed by atoms with Gasteiger partial charge >= 0.3 is 0 Å². The maximum absolute atomic E-state index is 12.4. The zero-order valence-corrected chi connectivity index (χ0v) is 13.4. The van der Waals surface area contributed by atoms with Crippen LogP contribution in [0.4, 0.5) is 0 Å². The second-order valence-electron chi connectivity index (χ2n) is 8.57. The van der Waals surface area contributed by atoms with Gasteiger partial charge in [-0.2, -0.15) is 0 Å². The van der Waals surface area contributed by atoms with Gasteiger partial charge in [0.2, 0.25) is 0 Å². The molecule has 0 aromatic rings. The number of fused-ring (bicyclic) bond motifs is 5. The minimum atomic E-state index is -0.156. The first-order valence-electron chi connectivity index (χ1n) is 8.86. The topological polar surface area (TPSA) is 37.3 Å². The van der Waals surface area contributed by atoms with Crippen LogP contribution in [0.2, 0.25) is 0 Å². The predicted molar refractivity (Wildman–Crippen MR) is 82.7 cm³/mol. The molecule has 0 heterocycles. The first kappa shape index (κ1) is 14.0. The van der Waals surface area contributed by atoms with Crippen LogP contribution in [0, 0.1) is 28.6 Å². The van der Waals surface area contributed by atoms with Gasteiger partial charge in [0.05, 0.1) is 6.10 Å². The molecule has 3 fully saturated rings. The summed E-state index contributed by atoms with van der Waals surface area (Å²) in [4.78, 5) is 12.4. The van der Waals surface area contributed by atoms with Gasteiger partial charge in [-0.25, -0.2) is 0 Å². The highest BCUT2D eigenvalue weighted by Crippen LogP contribution is 2.64. The van der Waals surface area contributed by atoms with Crippen LogP contribution in [-0.4, -0.2) is 17.0 Å². The summed E-state index contributed by atoms with van der Waals surface area (Å²) in [7, 11) is 0. The van der Waals surface area contributed by atoms with Crippen LogP contribution in [0.15, 0.2) is 11.6 Å². The Balaban J connectivity index is 1.70. The standard InChI is InChI=1S/C19H28O2/c1-18-10-9-16-14(15(18)7-8-17(18)21)6-4-12-3-5-13(20)11-19(12,16)2/h3,13-16,20H,4-11H2,1-2H3/t13?,14-,15-,16-,18-,19-/m0/s1. The van der Waals surface area contributed by atoms with Crippen LogP contribution in [-0.2, 0) is 4.79 Å². The van der Waals surface area contributed by atoms with Gasteiger partial charge in [0.25, 0.3) is 0 Å². The highest BCUT2D eigenvalue weighted by Gasteiger charge is 2.58. The Labute approximate surface area is 128 Å². The minimum Gasteiger partial charge on any atom is -0.393 e. The Morgan fingerprint density at radius 1 is 1.10 bits per heavy atom. The highest BCUT2D eigenvalue weighted by molar-refractivity contribution is 5.87. The van der Waals surface area contributed by atoms with Crippen molar-refractivity contribution >= 4 is 5.78 Å². The molecule has 0 spiro atoms. The van der Waals surface area contributed by atoms with E-state index in [1.54, 1.807) is 5.57 Å². The van der Waals surface area contributed by atoms with E-state index in [9.17, 15) is 9.90 Å². The number of hydrogen-bond donors (Lipinski definition) is 1. The van der Waals surface area contributed by atoms with Crippen molar-refractivity contribution in [2.45, 2.75) is 71.3 Å².